The Bertz CT molecular complexity index is 1720. The first kappa shape index (κ1) is 45.2. The summed E-state index contributed by atoms with van der Waals surface area (Å²) in [4.78, 5) is 69.3. The average Bonchev–Trinajstić information content (AvgIpc) is 3.52. The van der Waals surface area contributed by atoms with Crippen LogP contribution in [0.4, 0.5) is 26.3 Å². The molecule has 2 aromatic carbocycles. The zero-order chi connectivity index (χ0) is 40.7. The molecule has 1 aromatic heterocycles. The standard InChI is InChI=1S/C28H29N3O7S.2C2HF3O2/c1-31(16-21-11-12-24(39-21)28(37)38-20-9-7-18(8-10-20)26(29)30)22(13-17-5-3-2-4-6-17)23(32)14-19(27(35)36)15-25(33)34;2*3-2(4,5)1(6)7/h2-12,19,22H,13-16H2,1H3,(H3,29,30)(H,33,34)(H,35,36);2*(H,6,7)/t19-,22-;;/m0../s1. The first-order chi connectivity index (χ1) is 24.4. The lowest BCUT2D eigenvalue weighted by atomic mass is 9.92. The summed E-state index contributed by atoms with van der Waals surface area (Å²) in [5.41, 5.74) is 6.82. The smallest absolute Gasteiger partial charge is 0.481 e. The Labute approximate surface area is 299 Å². The minimum Gasteiger partial charge on any atom is -0.481 e. The van der Waals surface area contributed by atoms with Crippen molar-refractivity contribution < 1.29 is 80.3 Å². The molecule has 0 aliphatic rings. The number of aliphatic carboxylic acids is 4. The summed E-state index contributed by atoms with van der Waals surface area (Å²) in [5.74, 6) is -10.2. The van der Waals surface area contributed by atoms with E-state index >= 15 is 0 Å². The zero-order valence-electron chi connectivity index (χ0n) is 27.2. The monoisotopic (exact) mass is 779 g/mol. The molecule has 14 nitrogen and oxygen atoms in total. The number of carbonyl (C=O) groups excluding carboxylic acids is 2. The van der Waals surface area contributed by atoms with Crippen LogP contribution in [0.5, 0.6) is 5.75 Å². The molecule has 0 saturated carbocycles. The van der Waals surface area contributed by atoms with Crippen LogP contribution in [0.25, 0.3) is 0 Å². The number of likely N-dealkylation sites (N-methyl/N-ethyl adjacent to an activating group) is 1. The van der Waals surface area contributed by atoms with E-state index in [9.17, 15) is 50.6 Å². The van der Waals surface area contributed by atoms with Crippen LogP contribution >= 0.6 is 11.3 Å². The number of benzene rings is 2. The molecular weight excluding hydrogens is 748 g/mol. The van der Waals surface area contributed by atoms with Crippen LogP contribution in [-0.2, 0) is 36.9 Å². The van der Waals surface area contributed by atoms with Gasteiger partial charge in [-0.05, 0) is 55.4 Å². The molecular formula is C32H31F6N3O11S. The predicted octanol–water partition coefficient (Wildman–Crippen LogP) is 4.70. The number of hydrogen-bond acceptors (Lipinski definition) is 10. The van der Waals surface area contributed by atoms with Crippen LogP contribution in [-0.4, -0.2) is 92.2 Å². The Morgan fingerprint density at radius 3 is 1.75 bits per heavy atom. The Kier molecular flexibility index (Phi) is 17.3. The summed E-state index contributed by atoms with van der Waals surface area (Å²) < 4.78 is 68.9. The number of esters is 1. The van der Waals surface area contributed by atoms with Crippen LogP contribution in [0, 0.1) is 11.3 Å². The minimum absolute atomic E-state index is 0.0932. The van der Waals surface area contributed by atoms with E-state index in [-0.39, 0.29) is 11.6 Å². The van der Waals surface area contributed by atoms with E-state index in [0.29, 0.717) is 29.2 Å². The number of amidine groups is 1. The van der Waals surface area contributed by atoms with E-state index in [1.165, 1.54) is 11.3 Å². The third-order valence-electron chi connectivity index (χ3n) is 6.52. The second kappa shape index (κ2) is 20.3. The van der Waals surface area contributed by atoms with Gasteiger partial charge in [0.1, 0.15) is 16.5 Å². The molecule has 0 radical (unpaired) electrons. The lowest BCUT2D eigenvalue weighted by Crippen LogP contribution is -2.41. The second-order valence-electron chi connectivity index (χ2n) is 10.6. The molecule has 0 spiro atoms. The number of nitrogens with two attached hydrogens (primary N) is 1. The number of rotatable bonds is 14. The number of nitrogens with one attached hydrogen (secondary N) is 1. The Hall–Kier alpha value is -5.83. The molecule has 1 heterocycles. The number of thiophene rings is 1. The summed E-state index contributed by atoms with van der Waals surface area (Å²) in [6.07, 6.45) is -10.9. The highest BCUT2D eigenvalue weighted by Crippen LogP contribution is 2.24. The summed E-state index contributed by atoms with van der Waals surface area (Å²) in [6.45, 7) is 0.297. The van der Waals surface area contributed by atoms with Gasteiger partial charge < -0.3 is 30.9 Å². The van der Waals surface area contributed by atoms with Crippen LogP contribution in [0.15, 0.2) is 66.7 Å². The normalized spacial score (nSPS) is 12.2. The fourth-order valence-electron chi connectivity index (χ4n) is 3.98. The van der Waals surface area contributed by atoms with Gasteiger partial charge in [0.2, 0.25) is 0 Å². The van der Waals surface area contributed by atoms with Gasteiger partial charge in [0, 0.05) is 23.4 Å². The number of carboxylic acids is 4. The molecule has 0 amide bonds. The van der Waals surface area contributed by atoms with E-state index in [1.54, 1.807) is 48.3 Å². The van der Waals surface area contributed by atoms with Gasteiger partial charge in [0.15, 0.2) is 5.78 Å². The molecule has 0 saturated heterocycles. The van der Waals surface area contributed by atoms with Crippen molar-refractivity contribution in [2.45, 2.75) is 44.2 Å². The van der Waals surface area contributed by atoms with Crippen molar-refractivity contribution in [3.8, 4) is 5.75 Å². The lowest BCUT2D eigenvalue weighted by Gasteiger charge is -2.27. The molecule has 288 valence electrons. The molecule has 21 heteroatoms. The number of carboxylic acid groups (broad SMARTS) is 4. The number of halogens is 6. The third-order valence-corrected chi connectivity index (χ3v) is 7.57. The highest BCUT2D eigenvalue weighted by Gasteiger charge is 2.39. The molecule has 7 N–H and O–H groups in total. The SMILES string of the molecule is CN(Cc1ccc(C(=O)Oc2ccc(C(=N)N)cc2)s1)[C@@H](Cc1ccccc1)C(=O)C[C@@H](CC(=O)O)C(=O)O.O=C(O)C(F)(F)F.O=C(O)C(F)(F)F. The predicted molar refractivity (Wildman–Crippen MR) is 173 cm³/mol. The number of alkyl halides is 6. The van der Waals surface area contributed by atoms with E-state index in [2.05, 4.69) is 0 Å². The molecule has 0 fully saturated rings. The number of nitrogens with zero attached hydrogens (tertiary/aromatic N) is 1. The maximum Gasteiger partial charge on any atom is 0.490 e. The minimum atomic E-state index is -5.08. The van der Waals surface area contributed by atoms with E-state index in [0.717, 1.165) is 10.4 Å². The lowest BCUT2D eigenvalue weighted by molar-refractivity contribution is -0.193. The number of hydrogen-bond donors (Lipinski definition) is 6. The highest BCUT2D eigenvalue weighted by molar-refractivity contribution is 7.13. The van der Waals surface area contributed by atoms with Gasteiger partial charge in [0.05, 0.1) is 18.4 Å². The van der Waals surface area contributed by atoms with E-state index < -0.39 is 67.0 Å². The summed E-state index contributed by atoms with van der Waals surface area (Å²) in [7, 11) is 1.73. The van der Waals surface area contributed by atoms with Gasteiger partial charge in [-0.25, -0.2) is 14.4 Å². The van der Waals surface area contributed by atoms with E-state index in [4.69, 9.17) is 40.8 Å². The van der Waals surface area contributed by atoms with Crippen molar-refractivity contribution >= 4 is 52.8 Å². The third kappa shape index (κ3) is 16.8. The molecule has 0 unspecified atom stereocenters. The highest BCUT2D eigenvalue weighted by atomic mass is 32.1. The van der Waals surface area contributed by atoms with Crippen LogP contribution < -0.4 is 10.5 Å². The van der Waals surface area contributed by atoms with E-state index in [1.807, 2.05) is 30.3 Å². The maximum atomic E-state index is 13.3. The fraction of sp³-hybridized carbons (Fsp3) is 0.281. The van der Waals surface area contributed by atoms with Crippen LogP contribution in [0.3, 0.4) is 0 Å². The van der Waals surface area contributed by atoms with Gasteiger partial charge in [-0.1, -0.05) is 30.3 Å². The molecule has 53 heavy (non-hydrogen) atoms. The first-order valence-corrected chi connectivity index (χ1v) is 15.3. The molecule has 0 aliphatic carbocycles. The Morgan fingerprint density at radius 2 is 1.32 bits per heavy atom. The number of Topliss-reactive ketones (excluding diaryl/α,β-unsaturated/α-hetero) is 1. The van der Waals surface area contributed by atoms with Gasteiger partial charge in [-0.15, -0.1) is 11.3 Å². The summed E-state index contributed by atoms with van der Waals surface area (Å²) in [6, 6.07) is 18.2. The molecule has 3 aromatic rings. The summed E-state index contributed by atoms with van der Waals surface area (Å²) in [5, 5.41) is 40.2. The van der Waals surface area contributed by atoms with Crippen molar-refractivity contribution in [2.75, 3.05) is 7.05 Å². The van der Waals surface area contributed by atoms with Crippen LogP contribution in [0.1, 0.15) is 38.5 Å². The van der Waals surface area contributed by atoms with Crippen LogP contribution in [0.2, 0.25) is 0 Å². The number of ketones is 1. The number of nitrogen functional groups attached to an aromatic ring is 1. The zero-order valence-corrected chi connectivity index (χ0v) is 28.0. The molecule has 3 rings (SSSR count). The number of ether oxygens (including phenoxy) is 1. The maximum absolute atomic E-state index is 13.3. The van der Waals surface area contributed by atoms with Crippen molar-refractivity contribution in [2.24, 2.45) is 11.7 Å². The Balaban J connectivity index is 0.000000845. The molecule has 2 atom stereocenters. The van der Waals surface area contributed by atoms with Gasteiger partial charge in [-0.2, -0.15) is 26.3 Å². The number of carbonyl (C=O) groups is 6. The van der Waals surface area contributed by atoms with Crippen molar-refractivity contribution in [3.63, 3.8) is 0 Å². The van der Waals surface area contributed by atoms with Gasteiger partial charge in [-0.3, -0.25) is 24.7 Å². The van der Waals surface area contributed by atoms with Crippen molar-refractivity contribution in [1.29, 1.82) is 5.41 Å². The first-order valence-electron chi connectivity index (χ1n) is 14.5. The average molecular weight is 780 g/mol. The molecule has 0 bridgehead atoms. The van der Waals surface area contributed by atoms with Gasteiger partial charge >= 0.3 is 42.2 Å². The Morgan fingerprint density at radius 1 is 0.811 bits per heavy atom. The largest absolute Gasteiger partial charge is 0.490 e. The summed E-state index contributed by atoms with van der Waals surface area (Å²) >= 11 is 1.21. The molecule has 0 aliphatic heterocycles. The van der Waals surface area contributed by atoms with Crippen molar-refractivity contribution in [3.05, 3.63) is 87.6 Å². The second-order valence-corrected chi connectivity index (χ2v) is 11.8. The van der Waals surface area contributed by atoms with Gasteiger partial charge in [0.25, 0.3) is 0 Å². The quantitative estimate of drug-likeness (QED) is 0.0428. The van der Waals surface area contributed by atoms with Crippen molar-refractivity contribution in [1.82, 2.24) is 4.90 Å². The topological polar surface area (TPSA) is 246 Å². The fourth-order valence-corrected chi connectivity index (χ4v) is 4.93.